The number of carbonyl (C=O) groups excluding carboxylic acids is 1. The van der Waals surface area contributed by atoms with Crippen LogP contribution in [0, 0.1) is 0 Å². The maximum absolute atomic E-state index is 12.4. The summed E-state index contributed by atoms with van der Waals surface area (Å²) in [4.78, 5) is 15.9. The highest BCUT2D eigenvalue weighted by atomic mass is 16.2. The SMILES string of the molecule is Cn1nccc1C(=O)N1CC[NH+](C/C=C/c2ccccc2)CC1. The van der Waals surface area contributed by atoms with Gasteiger partial charge in [0, 0.05) is 13.2 Å². The van der Waals surface area contributed by atoms with Crippen LogP contribution in [-0.2, 0) is 7.05 Å². The van der Waals surface area contributed by atoms with Gasteiger partial charge in [0.2, 0.25) is 0 Å². The second-order valence-electron chi connectivity index (χ2n) is 5.90. The van der Waals surface area contributed by atoms with E-state index in [0.717, 1.165) is 32.7 Å². The third kappa shape index (κ3) is 3.87. The van der Waals surface area contributed by atoms with Crippen molar-refractivity contribution in [2.45, 2.75) is 0 Å². The minimum Gasteiger partial charge on any atom is -0.329 e. The van der Waals surface area contributed by atoms with Gasteiger partial charge in [0.15, 0.2) is 0 Å². The molecule has 1 aliphatic rings. The van der Waals surface area contributed by atoms with Crippen LogP contribution in [0.5, 0.6) is 0 Å². The highest BCUT2D eigenvalue weighted by molar-refractivity contribution is 5.92. The summed E-state index contributed by atoms with van der Waals surface area (Å²) >= 11 is 0. The fraction of sp³-hybridized carbons (Fsp3) is 0.333. The number of amides is 1. The first-order valence-corrected chi connectivity index (χ1v) is 8.06. The van der Waals surface area contributed by atoms with E-state index in [1.165, 1.54) is 10.5 Å². The number of carbonyl (C=O) groups is 1. The summed E-state index contributed by atoms with van der Waals surface area (Å²) in [5, 5.41) is 4.07. The predicted molar refractivity (Wildman–Crippen MR) is 90.2 cm³/mol. The van der Waals surface area contributed by atoms with Gasteiger partial charge in [-0.3, -0.25) is 9.48 Å². The Labute approximate surface area is 136 Å². The van der Waals surface area contributed by atoms with E-state index in [0.29, 0.717) is 5.69 Å². The lowest BCUT2D eigenvalue weighted by atomic mass is 10.2. The van der Waals surface area contributed by atoms with E-state index in [2.05, 4.69) is 41.5 Å². The molecule has 3 rings (SSSR count). The van der Waals surface area contributed by atoms with Crippen molar-refractivity contribution < 1.29 is 9.69 Å². The topological polar surface area (TPSA) is 42.6 Å². The molecule has 0 radical (unpaired) electrons. The average Bonchev–Trinajstić information content (AvgIpc) is 3.02. The summed E-state index contributed by atoms with van der Waals surface area (Å²) in [6.45, 7) is 4.59. The molecule has 2 aromatic rings. The Balaban J connectivity index is 1.48. The molecule has 120 valence electrons. The van der Waals surface area contributed by atoms with E-state index >= 15 is 0 Å². The summed E-state index contributed by atoms with van der Waals surface area (Å²) in [7, 11) is 1.81. The molecule has 0 bridgehead atoms. The van der Waals surface area contributed by atoms with Gasteiger partial charge in [-0.1, -0.05) is 36.4 Å². The Morgan fingerprint density at radius 2 is 1.96 bits per heavy atom. The van der Waals surface area contributed by atoms with Crippen molar-refractivity contribution in [3.05, 3.63) is 59.9 Å². The van der Waals surface area contributed by atoms with Crippen LogP contribution in [-0.4, -0.2) is 53.3 Å². The number of nitrogens with one attached hydrogen (secondary N) is 1. The summed E-state index contributed by atoms with van der Waals surface area (Å²) < 4.78 is 1.64. The van der Waals surface area contributed by atoms with Crippen molar-refractivity contribution in [3.63, 3.8) is 0 Å². The van der Waals surface area contributed by atoms with E-state index < -0.39 is 0 Å². The molecule has 1 aliphatic heterocycles. The van der Waals surface area contributed by atoms with Crippen LogP contribution in [0.3, 0.4) is 0 Å². The van der Waals surface area contributed by atoms with Gasteiger partial charge in [0.25, 0.3) is 5.91 Å². The molecule has 1 amide bonds. The molecule has 2 heterocycles. The van der Waals surface area contributed by atoms with Gasteiger partial charge in [-0.15, -0.1) is 0 Å². The number of quaternary nitrogens is 1. The largest absolute Gasteiger partial charge is 0.329 e. The monoisotopic (exact) mass is 311 g/mol. The Hall–Kier alpha value is -2.40. The first kappa shape index (κ1) is 15.5. The van der Waals surface area contributed by atoms with Crippen LogP contribution >= 0.6 is 0 Å². The number of hydrogen-bond acceptors (Lipinski definition) is 2. The van der Waals surface area contributed by atoms with Crippen LogP contribution in [0.15, 0.2) is 48.7 Å². The van der Waals surface area contributed by atoms with Crippen molar-refractivity contribution >= 4 is 12.0 Å². The lowest BCUT2D eigenvalue weighted by Gasteiger charge is -2.31. The van der Waals surface area contributed by atoms with Crippen molar-refractivity contribution in [2.75, 3.05) is 32.7 Å². The highest BCUT2D eigenvalue weighted by Crippen LogP contribution is 2.04. The molecule has 5 nitrogen and oxygen atoms in total. The van der Waals surface area contributed by atoms with Gasteiger partial charge in [-0.2, -0.15) is 5.10 Å². The van der Waals surface area contributed by atoms with E-state index in [-0.39, 0.29) is 5.91 Å². The highest BCUT2D eigenvalue weighted by Gasteiger charge is 2.25. The molecule has 1 saturated heterocycles. The number of piperazine rings is 1. The molecule has 0 unspecified atom stereocenters. The van der Waals surface area contributed by atoms with Crippen molar-refractivity contribution in [3.8, 4) is 0 Å². The smallest absolute Gasteiger partial charge is 0.272 e. The Bertz CT molecular complexity index is 669. The third-order valence-corrected chi connectivity index (χ3v) is 4.31. The van der Waals surface area contributed by atoms with Gasteiger partial charge < -0.3 is 9.80 Å². The van der Waals surface area contributed by atoms with Crippen molar-refractivity contribution in [1.29, 1.82) is 0 Å². The lowest BCUT2D eigenvalue weighted by Crippen LogP contribution is -3.14. The normalized spacial score (nSPS) is 16.1. The molecule has 5 heteroatoms. The molecule has 0 saturated carbocycles. The number of aromatic nitrogens is 2. The molecule has 0 atom stereocenters. The Kier molecular flexibility index (Phi) is 4.88. The number of rotatable bonds is 4. The molecule has 23 heavy (non-hydrogen) atoms. The zero-order chi connectivity index (χ0) is 16.1. The van der Waals surface area contributed by atoms with Crippen LogP contribution in [0.25, 0.3) is 6.08 Å². The van der Waals surface area contributed by atoms with Crippen LogP contribution in [0.4, 0.5) is 0 Å². The van der Waals surface area contributed by atoms with Gasteiger partial charge in [0.1, 0.15) is 5.69 Å². The zero-order valence-corrected chi connectivity index (χ0v) is 13.5. The average molecular weight is 311 g/mol. The standard InChI is InChI=1S/C18H22N4O/c1-20-17(9-10-19-20)18(23)22-14-12-21(13-15-22)11-5-8-16-6-3-2-4-7-16/h2-10H,11-15H2,1H3/p+1/b8-5+. The summed E-state index contributed by atoms with van der Waals surface area (Å²) in [5.41, 5.74) is 1.90. The zero-order valence-electron chi connectivity index (χ0n) is 13.5. The second-order valence-corrected chi connectivity index (χ2v) is 5.90. The maximum atomic E-state index is 12.4. The molecule has 0 aliphatic carbocycles. The minimum atomic E-state index is 0.0869. The molecule has 1 N–H and O–H groups in total. The van der Waals surface area contributed by atoms with E-state index in [1.807, 2.05) is 18.0 Å². The Morgan fingerprint density at radius 1 is 1.22 bits per heavy atom. The number of hydrogen-bond donors (Lipinski definition) is 1. The third-order valence-electron chi connectivity index (χ3n) is 4.31. The van der Waals surface area contributed by atoms with Crippen molar-refractivity contribution in [2.24, 2.45) is 7.05 Å². The van der Waals surface area contributed by atoms with E-state index in [1.54, 1.807) is 16.9 Å². The molecule has 1 aromatic heterocycles. The van der Waals surface area contributed by atoms with Crippen molar-refractivity contribution in [1.82, 2.24) is 14.7 Å². The fourth-order valence-electron chi connectivity index (χ4n) is 2.90. The quantitative estimate of drug-likeness (QED) is 0.892. The first-order chi connectivity index (χ1) is 11.2. The van der Waals surface area contributed by atoms with Crippen LogP contribution < -0.4 is 4.90 Å². The molecular weight excluding hydrogens is 288 g/mol. The van der Waals surface area contributed by atoms with E-state index in [9.17, 15) is 4.79 Å². The lowest BCUT2D eigenvalue weighted by molar-refractivity contribution is -0.898. The minimum absolute atomic E-state index is 0.0869. The summed E-state index contributed by atoms with van der Waals surface area (Å²) in [6.07, 6.45) is 6.06. The van der Waals surface area contributed by atoms with Gasteiger partial charge in [0.05, 0.1) is 32.7 Å². The molecular formula is C18H23N4O+. The predicted octanol–water partition coefficient (Wildman–Crippen LogP) is 0.474. The maximum Gasteiger partial charge on any atom is 0.272 e. The molecule has 1 fully saturated rings. The number of nitrogens with zero attached hydrogens (tertiary/aromatic N) is 3. The molecule has 1 aromatic carbocycles. The van der Waals surface area contributed by atoms with Crippen LogP contribution in [0.1, 0.15) is 16.1 Å². The van der Waals surface area contributed by atoms with Gasteiger partial charge in [-0.05, 0) is 17.7 Å². The second kappa shape index (κ2) is 7.24. The van der Waals surface area contributed by atoms with Gasteiger partial charge >= 0.3 is 0 Å². The van der Waals surface area contributed by atoms with Crippen LogP contribution in [0.2, 0.25) is 0 Å². The number of benzene rings is 1. The number of aryl methyl sites for hydroxylation is 1. The summed E-state index contributed by atoms with van der Waals surface area (Å²) in [5.74, 6) is 0.0869. The Morgan fingerprint density at radius 3 is 2.61 bits per heavy atom. The summed E-state index contributed by atoms with van der Waals surface area (Å²) in [6, 6.07) is 12.1. The fourth-order valence-corrected chi connectivity index (χ4v) is 2.90. The first-order valence-electron chi connectivity index (χ1n) is 8.06. The molecule has 0 spiro atoms. The van der Waals surface area contributed by atoms with Gasteiger partial charge in [-0.25, -0.2) is 0 Å². The van der Waals surface area contributed by atoms with E-state index in [4.69, 9.17) is 0 Å².